The van der Waals surface area contributed by atoms with Gasteiger partial charge in [0.15, 0.2) is 0 Å². The van der Waals surface area contributed by atoms with Crippen LogP contribution in [-0.4, -0.2) is 46.5 Å². The first-order chi connectivity index (χ1) is 8.97. The van der Waals surface area contributed by atoms with Gasteiger partial charge in [-0.2, -0.15) is 0 Å². The van der Waals surface area contributed by atoms with Crippen LogP contribution in [0.5, 0.6) is 0 Å². The standard InChI is InChI=1S/C12H21N3O4/c1-2-5-8(11(17)18)14-12(19)15-7-4-3-6-9(15)10(13)16/h8-9H,2-7H2,1H3,(H2,13,16)(H,14,19)(H,17,18). The molecule has 0 spiro atoms. The van der Waals surface area contributed by atoms with Crippen molar-refractivity contribution in [2.24, 2.45) is 5.73 Å². The Morgan fingerprint density at radius 2 is 2.11 bits per heavy atom. The van der Waals surface area contributed by atoms with Gasteiger partial charge in [0.1, 0.15) is 12.1 Å². The molecule has 2 unspecified atom stereocenters. The Bertz CT molecular complexity index is 359. The van der Waals surface area contributed by atoms with Gasteiger partial charge in [0, 0.05) is 6.54 Å². The van der Waals surface area contributed by atoms with Gasteiger partial charge in [0.05, 0.1) is 0 Å². The van der Waals surface area contributed by atoms with E-state index in [1.165, 1.54) is 4.90 Å². The van der Waals surface area contributed by atoms with Crippen LogP contribution >= 0.6 is 0 Å². The summed E-state index contributed by atoms with van der Waals surface area (Å²) < 4.78 is 0. The molecule has 0 radical (unpaired) electrons. The summed E-state index contributed by atoms with van der Waals surface area (Å²) in [6.07, 6.45) is 3.18. The molecule has 1 heterocycles. The minimum atomic E-state index is -1.07. The van der Waals surface area contributed by atoms with Crippen LogP contribution in [0.1, 0.15) is 39.0 Å². The van der Waals surface area contributed by atoms with E-state index >= 15 is 0 Å². The number of hydrogen-bond acceptors (Lipinski definition) is 3. The van der Waals surface area contributed by atoms with Crippen molar-refractivity contribution >= 4 is 17.9 Å². The van der Waals surface area contributed by atoms with E-state index < -0.39 is 30.0 Å². The average Bonchev–Trinajstić information content (AvgIpc) is 2.37. The topological polar surface area (TPSA) is 113 Å². The number of urea groups is 1. The number of aliphatic carboxylic acids is 1. The lowest BCUT2D eigenvalue weighted by Gasteiger charge is -2.34. The molecule has 1 rings (SSSR count). The third kappa shape index (κ3) is 4.11. The van der Waals surface area contributed by atoms with E-state index in [2.05, 4.69) is 5.32 Å². The van der Waals surface area contributed by atoms with Crippen molar-refractivity contribution in [3.05, 3.63) is 0 Å². The van der Waals surface area contributed by atoms with Crippen molar-refractivity contribution in [3.8, 4) is 0 Å². The molecule has 19 heavy (non-hydrogen) atoms. The molecule has 3 amide bonds. The predicted octanol–water partition coefficient (Wildman–Crippen LogP) is 0.289. The zero-order valence-electron chi connectivity index (χ0n) is 11.1. The highest BCUT2D eigenvalue weighted by molar-refractivity contribution is 5.88. The number of rotatable bonds is 5. The molecule has 7 nitrogen and oxygen atoms in total. The molecular weight excluding hydrogens is 250 g/mol. The number of carboxylic acid groups (broad SMARTS) is 1. The Kier molecular flexibility index (Phi) is 5.59. The van der Waals surface area contributed by atoms with Gasteiger partial charge in [-0.25, -0.2) is 9.59 Å². The number of primary amides is 1. The van der Waals surface area contributed by atoms with Gasteiger partial charge in [0.25, 0.3) is 0 Å². The fourth-order valence-electron chi connectivity index (χ4n) is 2.25. The van der Waals surface area contributed by atoms with Crippen LogP contribution in [0.3, 0.4) is 0 Å². The number of nitrogens with one attached hydrogen (secondary N) is 1. The summed E-state index contributed by atoms with van der Waals surface area (Å²) in [5.74, 6) is -1.61. The smallest absolute Gasteiger partial charge is 0.326 e. The molecule has 0 aliphatic carbocycles. The summed E-state index contributed by atoms with van der Waals surface area (Å²) in [6, 6.07) is -2.08. The third-order valence-corrected chi connectivity index (χ3v) is 3.27. The Morgan fingerprint density at radius 1 is 1.42 bits per heavy atom. The molecule has 1 saturated heterocycles. The van der Waals surface area contributed by atoms with Crippen LogP contribution in [0.4, 0.5) is 4.79 Å². The van der Waals surface area contributed by atoms with E-state index in [4.69, 9.17) is 10.8 Å². The molecule has 0 bridgehead atoms. The zero-order chi connectivity index (χ0) is 14.4. The largest absolute Gasteiger partial charge is 0.480 e. The van der Waals surface area contributed by atoms with Gasteiger partial charge in [-0.1, -0.05) is 13.3 Å². The Morgan fingerprint density at radius 3 is 2.63 bits per heavy atom. The van der Waals surface area contributed by atoms with Gasteiger partial charge in [-0.3, -0.25) is 4.79 Å². The SMILES string of the molecule is CCCC(NC(=O)N1CCCCC1C(N)=O)C(=O)O. The summed E-state index contributed by atoms with van der Waals surface area (Å²) in [5.41, 5.74) is 5.27. The number of carbonyl (C=O) groups excluding carboxylic acids is 2. The number of carbonyl (C=O) groups is 3. The van der Waals surface area contributed by atoms with E-state index in [1.807, 2.05) is 6.92 Å². The quantitative estimate of drug-likeness (QED) is 0.667. The molecule has 1 fully saturated rings. The van der Waals surface area contributed by atoms with Gasteiger partial charge < -0.3 is 21.1 Å². The highest BCUT2D eigenvalue weighted by Crippen LogP contribution is 2.17. The zero-order valence-corrected chi connectivity index (χ0v) is 11.1. The van der Waals surface area contributed by atoms with Crippen LogP contribution in [0.15, 0.2) is 0 Å². The number of nitrogens with two attached hydrogens (primary N) is 1. The lowest BCUT2D eigenvalue weighted by Crippen LogP contribution is -2.56. The van der Waals surface area contributed by atoms with Crippen LogP contribution in [0.25, 0.3) is 0 Å². The van der Waals surface area contributed by atoms with Gasteiger partial charge in [0.2, 0.25) is 5.91 Å². The van der Waals surface area contributed by atoms with Crippen LogP contribution in [0.2, 0.25) is 0 Å². The van der Waals surface area contributed by atoms with Gasteiger partial charge >= 0.3 is 12.0 Å². The average molecular weight is 271 g/mol. The van der Waals surface area contributed by atoms with Crippen LogP contribution < -0.4 is 11.1 Å². The van der Waals surface area contributed by atoms with E-state index in [1.54, 1.807) is 0 Å². The molecule has 108 valence electrons. The number of nitrogens with zero attached hydrogens (tertiary/aromatic N) is 1. The second-order valence-electron chi connectivity index (χ2n) is 4.74. The van der Waals surface area contributed by atoms with Crippen molar-refractivity contribution in [2.45, 2.75) is 51.1 Å². The summed E-state index contributed by atoms with van der Waals surface area (Å²) in [7, 11) is 0. The molecule has 1 aliphatic heterocycles. The second kappa shape index (κ2) is 6.96. The first-order valence-electron chi connectivity index (χ1n) is 6.56. The summed E-state index contributed by atoms with van der Waals surface area (Å²) in [6.45, 7) is 2.27. The van der Waals surface area contributed by atoms with Gasteiger partial charge in [-0.05, 0) is 25.7 Å². The monoisotopic (exact) mass is 271 g/mol. The van der Waals surface area contributed by atoms with E-state index in [0.717, 1.165) is 12.8 Å². The van der Waals surface area contributed by atoms with Crippen molar-refractivity contribution in [2.75, 3.05) is 6.54 Å². The van der Waals surface area contributed by atoms with Crippen molar-refractivity contribution in [1.29, 1.82) is 0 Å². The summed E-state index contributed by atoms with van der Waals surface area (Å²) >= 11 is 0. The second-order valence-corrected chi connectivity index (χ2v) is 4.74. The third-order valence-electron chi connectivity index (χ3n) is 3.27. The van der Waals surface area contributed by atoms with Crippen LogP contribution in [-0.2, 0) is 9.59 Å². The molecule has 1 aliphatic rings. The maximum absolute atomic E-state index is 12.0. The van der Waals surface area contributed by atoms with Gasteiger partial charge in [-0.15, -0.1) is 0 Å². The fraction of sp³-hybridized carbons (Fsp3) is 0.750. The number of amides is 3. The molecular formula is C12H21N3O4. The first kappa shape index (κ1) is 15.3. The molecule has 7 heteroatoms. The summed E-state index contributed by atoms with van der Waals surface area (Å²) in [5, 5.41) is 11.5. The van der Waals surface area contributed by atoms with Crippen molar-refractivity contribution in [1.82, 2.24) is 10.2 Å². The highest BCUT2D eigenvalue weighted by atomic mass is 16.4. The number of piperidine rings is 1. The first-order valence-corrected chi connectivity index (χ1v) is 6.56. The van der Waals surface area contributed by atoms with E-state index in [9.17, 15) is 14.4 Å². The number of hydrogen-bond donors (Lipinski definition) is 3. The fourth-order valence-corrected chi connectivity index (χ4v) is 2.25. The summed E-state index contributed by atoms with van der Waals surface area (Å²) in [4.78, 5) is 35.7. The molecule has 0 aromatic carbocycles. The number of likely N-dealkylation sites (tertiary alicyclic amines) is 1. The normalized spacial score (nSPS) is 20.7. The van der Waals surface area contributed by atoms with Crippen molar-refractivity contribution in [3.63, 3.8) is 0 Å². The Labute approximate surface area is 112 Å². The lowest BCUT2D eigenvalue weighted by molar-refractivity contribution is -0.139. The molecule has 0 saturated carbocycles. The lowest BCUT2D eigenvalue weighted by atomic mass is 10.0. The molecule has 0 aromatic heterocycles. The van der Waals surface area contributed by atoms with Crippen molar-refractivity contribution < 1.29 is 19.5 Å². The van der Waals surface area contributed by atoms with E-state index in [-0.39, 0.29) is 0 Å². The minimum absolute atomic E-state index is 0.357. The minimum Gasteiger partial charge on any atom is -0.480 e. The molecule has 0 aromatic rings. The van der Waals surface area contributed by atoms with Crippen LogP contribution in [0, 0.1) is 0 Å². The molecule has 4 N–H and O–H groups in total. The molecule has 2 atom stereocenters. The maximum Gasteiger partial charge on any atom is 0.326 e. The highest BCUT2D eigenvalue weighted by Gasteiger charge is 2.32. The number of carboxylic acids is 1. The Balaban J connectivity index is 2.68. The maximum atomic E-state index is 12.0. The Hall–Kier alpha value is -1.79. The van der Waals surface area contributed by atoms with E-state index in [0.29, 0.717) is 25.8 Å². The predicted molar refractivity (Wildman–Crippen MR) is 68.4 cm³/mol.